The minimum atomic E-state index is -0.620. The predicted molar refractivity (Wildman–Crippen MR) is 87.7 cm³/mol. The highest BCUT2D eigenvalue weighted by Gasteiger charge is 2.47. The number of amides is 1. The van der Waals surface area contributed by atoms with Crippen molar-refractivity contribution in [3.63, 3.8) is 0 Å². The third-order valence-corrected chi connectivity index (χ3v) is 4.32. The zero-order valence-corrected chi connectivity index (χ0v) is 13.3. The summed E-state index contributed by atoms with van der Waals surface area (Å²) >= 11 is 12.2. The monoisotopic (exact) mass is 336 g/mol. The first kappa shape index (κ1) is 15.2. The van der Waals surface area contributed by atoms with Gasteiger partial charge in [0.15, 0.2) is 0 Å². The molecule has 0 aliphatic carbocycles. The van der Waals surface area contributed by atoms with Crippen molar-refractivity contribution in [2.45, 2.75) is 12.1 Å². The van der Waals surface area contributed by atoms with Crippen LogP contribution < -0.4 is 15.4 Å². The van der Waals surface area contributed by atoms with E-state index in [0.717, 1.165) is 11.3 Å². The van der Waals surface area contributed by atoms with Crippen LogP contribution >= 0.6 is 23.2 Å². The van der Waals surface area contributed by atoms with Crippen molar-refractivity contribution in [2.75, 3.05) is 12.0 Å². The summed E-state index contributed by atoms with van der Waals surface area (Å²) in [5, 5.41) is 1.04. The van der Waals surface area contributed by atoms with Crippen LogP contribution in [0.15, 0.2) is 42.5 Å². The Bertz CT molecular complexity index is 736. The molecule has 2 atom stereocenters. The molecule has 1 saturated heterocycles. The van der Waals surface area contributed by atoms with Crippen molar-refractivity contribution in [1.82, 2.24) is 0 Å². The molecule has 0 spiro atoms. The van der Waals surface area contributed by atoms with Crippen LogP contribution in [0.3, 0.4) is 0 Å². The van der Waals surface area contributed by atoms with E-state index in [0.29, 0.717) is 15.8 Å². The van der Waals surface area contributed by atoms with Gasteiger partial charge in [-0.2, -0.15) is 0 Å². The molecule has 1 amide bonds. The highest BCUT2D eigenvalue weighted by atomic mass is 35.5. The summed E-state index contributed by atoms with van der Waals surface area (Å²) in [6.07, 6.45) is 0. The van der Waals surface area contributed by atoms with E-state index in [-0.39, 0.29) is 11.9 Å². The van der Waals surface area contributed by atoms with Gasteiger partial charge in [0, 0.05) is 21.8 Å². The summed E-state index contributed by atoms with van der Waals surface area (Å²) in [4.78, 5) is 13.8. The first-order chi connectivity index (χ1) is 10.5. The Balaban J connectivity index is 2.01. The fraction of sp³-hybridized carbons (Fsp3) is 0.188. The standard InChI is InChI=1S/C16H14Cl2N2O2/c1-22-11-4-2-3-10(8-11)20-15(14(19)16(20)21)12-6-5-9(17)7-13(12)18/h2-8,14-15H,19H2,1H3. The number of halogens is 2. The topological polar surface area (TPSA) is 55.6 Å². The molecule has 1 heterocycles. The molecule has 2 aromatic rings. The summed E-state index contributed by atoms with van der Waals surface area (Å²) in [6.45, 7) is 0. The minimum absolute atomic E-state index is 0.149. The van der Waals surface area contributed by atoms with E-state index < -0.39 is 6.04 Å². The third kappa shape index (κ3) is 2.43. The second-order valence-corrected chi connectivity index (χ2v) is 5.89. The van der Waals surface area contributed by atoms with Gasteiger partial charge in [0.25, 0.3) is 0 Å². The molecule has 4 nitrogen and oxygen atoms in total. The Morgan fingerprint density at radius 2 is 1.95 bits per heavy atom. The lowest BCUT2D eigenvalue weighted by molar-refractivity contribution is -0.126. The van der Waals surface area contributed by atoms with Crippen molar-refractivity contribution in [2.24, 2.45) is 5.73 Å². The quantitative estimate of drug-likeness (QED) is 0.873. The van der Waals surface area contributed by atoms with E-state index in [1.165, 1.54) is 0 Å². The number of carbonyl (C=O) groups is 1. The van der Waals surface area contributed by atoms with Crippen LogP contribution in [0.5, 0.6) is 5.75 Å². The summed E-state index contributed by atoms with van der Waals surface area (Å²) in [5.74, 6) is 0.524. The van der Waals surface area contributed by atoms with Gasteiger partial charge >= 0.3 is 0 Å². The van der Waals surface area contributed by atoms with Crippen molar-refractivity contribution < 1.29 is 9.53 Å². The Kier molecular flexibility index (Phi) is 4.00. The number of ether oxygens (including phenoxy) is 1. The summed E-state index contributed by atoms with van der Waals surface area (Å²) in [6, 6.07) is 11.5. The van der Waals surface area contributed by atoms with Crippen LogP contribution in [0.4, 0.5) is 5.69 Å². The molecule has 6 heteroatoms. The molecule has 1 fully saturated rings. The van der Waals surface area contributed by atoms with Crippen LogP contribution in [0.2, 0.25) is 10.0 Å². The van der Waals surface area contributed by atoms with Gasteiger partial charge in [0.05, 0.1) is 13.2 Å². The van der Waals surface area contributed by atoms with E-state index in [1.54, 1.807) is 36.3 Å². The average Bonchev–Trinajstić information content (AvgIpc) is 2.52. The van der Waals surface area contributed by atoms with Gasteiger partial charge in [-0.25, -0.2) is 0 Å². The van der Waals surface area contributed by atoms with Gasteiger partial charge in [-0.3, -0.25) is 4.79 Å². The van der Waals surface area contributed by atoms with Gasteiger partial charge in [0.1, 0.15) is 11.8 Å². The maximum absolute atomic E-state index is 12.2. The van der Waals surface area contributed by atoms with E-state index in [9.17, 15) is 4.79 Å². The molecular formula is C16H14Cl2N2O2. The lowest BCUT2D eigenvalue weighted by Gasteiger charge is -2.46. The lowest BCUT2D eigenvalue weighted by atomic mass is 9.88. The van der Waals surface area contributed by atoms with Gasteiger partial charge in [-0.15, -0.1) is 0 Å². The minimum Gasteiger partial charge on any atom is -0.497 e. The fourth-order valence-corrected chi connectivity index (χ4v) is 3.15. The van der Waals surface area contributed by atoms with E-state index in [1.807, 2.05) is 18.2 Å². The zero-order valence-electron chi connectivity index (χ0n) is 11.8. The smallest absolute Gasteiger partial charge is 0.247 e. The van der Waals surface area contributed by atoms with Crippen LogP contribution in [0.1, 0.15) is 11.6 Å². The maximum Gasteiger partial charge on any atom is 0.247 e. The molecule has 22 heavy (non-hydrogen) atoms. The summed E-state index contributed by atoms with van der Waals surface area (Å²) in [7, 11) is 1.58. The number of carbonyl (C=O) groups excluding carboxylic acids is 1. The highest BCUT2D eigenvalue weighted by molar-refractivity contribution is 6.35. The third-order valence-electron chi connectivity index (χ3n) is 3.75. The number of anilines is 1. The normalized spacial score (nSPS) is 20.7. The molecular weight excluding hydrogens is 323 g/mol. The van der Waals surface area contributed by atoms with Gasteiger partial charge in [0.2, 0.25) is 5.91 Å². The number of nitrogens with zero attached hydrogens (tertiary/aromatic N) is 1. The van der Waals surface area contributed by atoms with E-state index >= 15 is 0 Å². The molecule has 0 saturated carbocycles. The molecule has 1 aliphatic heterocycles. The van der Waals surface area contributed by atoms with Crippen molar-refractivity contribution in [1.29, 1.82) is 0 Å². The second-order valence-electron chi connectivity index (χ2n) is 5.05. The van der Waals surface area contributed by atoms with Crippen LogP contribution in [-0.2, 0) is 4.79 Å². The SMILES string of the molecule is COc1cccc(N2C(=O)C(N)C2c2ccc(Cl)cc2Cl)c1. The van der Waals surface area contributed by atoms with Crippen molar-refractivity contribution in [3.05, 3.63) is 58.1 Å². The molecule has 3 rings (SSSR count). The molecule has 0 aromatic heterocycles. The van der Waals surface area contributed by atoms with E-state index in [4.69, 9.17) is 33.7 Å². The molecule has 2 aromatic carbocycles. The van der Waals surface area contributed by atoms with Crippen molar-refractivity contribution in [3.8, 4) is 5.75 Å². The largest absolute Gasteiger partial charge is 0.497 e. The molecule has 0 radical (unpaired) electrons. The second kappa shape index (κ2) is 5.80. The van der Waals surface area contributed by atoms with Gasteiger partial charge in [-0.05, 0) is 29.8 Å². The number of hydrogen-bond donors (Lipinski definition) is 1. The number of rotatable bonds is 3. The Morgan fingerprint density at radius 3 is 2.64 bits per heavy atom. The van der Waals surface area contributed by atoms with E-state index in [2.05, 4.69) is 0 Å². The molecule has 0 bridgehead atoms. The van der Waals surface area contributed by atoms with Crippen LogP contribution in [0.25, 0.3) is 0 Å². The zero-order chi connectivity index (χ0) is 15.9. The molecule has 1 aliphatic rings. The number of hydrogen-bond acceptors (Lipinski definition) is 3. The molecule has 114 valence electrons. The average molecular weight is 337 g/mol. The number of nitrogens with two attached hydrogens (primary N) is 1. The van der Waals surface area contributed by atoms with Crippen LogP contribution in [0, 0.1) is 0 Å². The highest BCUT2D eigenvalue weighted by Crippen LogP contribution is 2.42. The fourth-order valence-electron chi connectivity index (χ4n) is 2.63. The Morgan fingerprint density at radius 1 is 1.18 bits per heavy atom. The van der Waals surface area contributed by atoms with Crippen molar-refractivity contribution >= 4 is 34.8 Å². The first-order valence-electron chi connectivity index (χ1n) is 6.70. The first-order valence-corrected chi connectivity index (χ1v) is 7.46. The van der Waals surface area contributed by atoms with Crippen LogP contribution in [-0.4, -0.2) is 19.1 Å². The van der Waals surface area contributed by atoms with Gasteiger partial charge in [-0.1, -0.05) is 35.3 Å². The predicted octanol–water partition coefficient (Wildman–Crippen LogP) is 3.42. The lowest BCUT2D eigenvalue weighted by Crippen LogP contribution is -2.63. The summed E-state index contributed by atoms with van der Waals surface area (Å²) in [5.41, 5.74) is 7.49. The summed E-state index contributed by atoms with van der Waals surface area (Å²) < 4.78 is 5.20. The molecule has 2 unspecified atom stereocenters. The maximum atomic E-state index is 12.2. The number of methoxy groups -OCH3 is 1. The Labute approximate surface area is 138 Å². The Hall–Kier alpha value is -1.75. The molecule has 2 N–H and O–H groups in total. The number of β-lactam (4-membered cyclic amide) rings is 1. The number of benzene rings is 2. The van der Waals surface area contributed by atoms with Gasteiger partial charge < -0.3 is 15.4 Å².